The number of rotatable bonds is 11. The molecule has 0 radical (unpaired) electrons. The summed E-state index contributed by atoms with van der Waals surface area (Å²) in [5, 5.41) is 0. The van der Waals surface area contributed by atoms with Gasteiger partial charge < -0.3 is 20.6 Å². The van der Waals surface area contributed by atoms with Crippen LogP contribution >= 0.6 is 21.6 Å². The maximum Gasteiger partial charge on any atom is 1.00 e. The zero-order chi connectivity index (χ0) is 14.0. The Bertz CT molecular complexity index is 253. The third-order valence-corrected chi connectivity index (χ3v) is 5.80. The summed E-state index contributed by atoms with van der Waals surface area (Å²) in [5.41, 5.74) is 11.2. The Balaban J connectivity index is -0.00000144. The van der Waals surface area contributed by atoms with Gasteiger partial charge in [-0.3, -0.25) is 8.42 Å². The first-order valence-corrected chi connectivity index (χ1v) is 10.3. The van der Waals surface area contributed by atoms with Crippen LogP contribution in [0.15, 0.2) is 0 Å². The van der Waals surface area contributed by atoms with Crippen LogP contribution in [0.3, 0.4) is 0 Å². The van der Waals surface area contributed by atoms with Gasteiger partial charge in [0.25, 0.3) is 0 Å². The Morgan fingerprint density at radius 1 is 0.850 bits per heavy atom. The Kier molecular flexibility index (Phi) is 25.2. The minimum atomic E-state index is -2.08. The molecule has 0 aliphatic rings. The van der Waals surface area contributed by atoms with Crippen LogP contribution in [-0.4, -0.2) is 52.6 Å². The molecular weight excluding hydrogens is 362 g/mol. The minimum absolute atomic E-state index is 0. The van der Waals surface area contributed by atoms with E-state index in [1.54, 1.807) is 21.6 Å². The van der Waals surface area contributed by atoms with Crippen LogP contribution in [-0.2, 0) is 22.2 Å². The van der Waals surface area contributed by atoms with Crippen molar-refractivity contribution in [3.05, 3.63) is 0 Å². The topological polar surface area (TPSA) is 132 Å². The smallest absolute Gasteiger partial charge is 0.772 e. The first-order chi connectivity index (χ1) is 8.41. The maximum absolute atomic E-state index is 10.4. The summed E-state index contributed by atoms with van der Waals surface area (Å²) >= 11 is -4.16. The van der Waals surface area contributed by atoms with E-state index in [1.165, 1.54) is 0 Å². The normalized spacial score (nSPS) is 16.4. The van der Waals surface area contributed by atoms with Crippen molar-refractivity contribution in [2.24, 2.45) is 11.5 Å². The summed E-state index contributed by atoms with van der Waals surface area (Å²) in [5.74, 6) is 1.52. The van der Waals surface area contributed by atoms with Gasteiger partial charge in [0.1, 0.15) is 0 Å². The molecule has 0 aromatic heterocycles. The van der Waals surface area contributed by atoms with Crippen molar-refractivity contribution >= 4 is 43.7 Å². The molecule has 0 aliphatic heterocycles. The average molecular weight is 380 g/mol. The molecule has 0 aromatic carbocycles. The van der Waals surface area contributed by atoms with E-state index in [1.807, 2.05) is 0 Å². The van der Waals surface area contributed by atoms with Gasteiger partial charge in [-0.15, -0.1) is 0 Å². The van der Waals surface area contributed by atoms with Gasteiger partial charge in [0.15, 0.2) is 0 Å². The number of hydrogen-bond acceptors (Lipinski definition) is 8. The van der Waals surface area contributed by atoms with Crippen molar-refractivity contribution in [1.29, 1.82) is 0 Å². The fraction of sp³-hybridized carbons (Fsp3) is 1.00. The predicted molar refractivity (Wildman–Crippen MR) is 77.7 cm³/mol. The van der Waals surface area contributed by atoms with Gasteiger partial charge in [0, 0.05) is 35.1 Å². The molecule has 0 aliphatic carbocycles. The molecule has 12 heteroatoms. The molecule has 0 saturated carbocycles. The summed E-state index contributed by atoms with van der Waals surface area (Å²) in [7, 11) is 3.19. The Morgan fingerprint density at radius 2 is 1.15 bits per heavy atom. The summed E-state index contributed by atoms with van der Waals surface area (Å²) in [6.45, 7) is 0. The van der Waals surface area contributed by atoms with Crippen molar-refractivity contribution in [3.63, 3.8) is 0 Å². The zero-order valence-corrected chi connectivity index (χ0v) is 19.1. The van der Waals surface area contributed by atoms with E-state index in [4.69, 9.17) is 11.5 Å². The summed E-state index contributed by atoms with van der Waals surface area (Å²) in [4.78, 5) is 0. The molecule has 0 heterocycles. The average Bonchev–Trinajstić information content (AvgIpc) is 2.20. The van der Waals surface area contributed by atoms with Crippen molar-refractivity contribution < 1.29 is 76.6 Å². The second-order valence-electron chi connectivity index (χ2n) is 3.68. The Hall–Kier alpha value is 2.84. The molecule has 0 aromatic rings. The first kappa shape index (κ1) is 27.7. The van der Waals surface area contributed by atoms with Crippen LogP contribution in [0, 0.1) is 0 Å². The van der Waals surface area contributed by atoms with Crippen molar-refractivity contribution in [2.75, 3.05) is 23.0 Å². The molecule has 2 unspecified atom stereocenters. The van der Waals surface area contributed by atoms with Crippen LogP contribution in [0.25, 0.3) is 0 Å². The quantitative estimate of drug-likeness (QED) is 0.157. The van der Waals surface area contributed by atoms with Gasteiger partial charge in [-0.25, -0.2) is 0 Å². The van der Waals surface area contributed by atoms with E-state index in [-0.39, 0.29) is 82.7 Å². The van der Waals surface area contributed by atoms with Crippen LogP contribution < -0.4 is 70.6 Å². The van der Waals surface area contributed by atoms with Crippen molar-refractivity contribution in [3.8, 4) is 0 Å². The predicted octanol–water partition coefficient (Wildman–Crippen LogP) is -6.43. The third-order valence-electron chi connectivity index (χ3n) is 1.93. The molecule has 110 valence electrons. The van der Waals surface area contributed by atoms with Gasteiger partial charge in [0.05, 0.1) is 0 Å². The van der Waals surface area contributed by atoms with Crippen LogP contribution in [0.4, 0.5) is 0 Å². The van der Waals surface area contributed by atoms with E-state index in [0.29, 0.717) is 12.8 Å². The van der Waals surface area contributed by atoms with Gasteiger partial charge >= 0.3 is 59.1 Å². The van der Waals surface area contributed by atoms with E-state index < -0.39 is 22.2 Å². The fourth-order valence-corrected chi connectivity index (χ4v) is 4.38. The van der Waals surface area contributed by atoms with E-state index in [0.717, 1.165) is 11.5 Å². The number of hydrogen-bond donors (Lipinski definition) is 2. The van der Waals surface area contributed by atoms with Gasteiger partial charge in [-0.05, 0) is 12.8 Å². The van der Waals surface area contributed by atoms with Crippen molar-refractivity contribution in [2.45, 2.75) is 24.9 Å². The maximum atomic E-state index is 10.4. The second kappa shape index (κ2) is 18.2. The minimum Gasteiger partial charge on any atom is -0.772 e. The molecule has 0 saturated heterocycles. The SMILES string of the molecule is N[C@@H](CCSSCC[C@H](N)CS(=O)[O-])CS(=O)[O-].[Na+].[Na+]. The molecular formula is C8H18N2Na2O4S4. The fourth-order valence-electron chi connectivity index (χ4n) is 1.03. The van der Waals surface area contributed by atoms with E-state index in [2.05, 4.69) is 0 Å². The number of nitrogens with two attached hydrogens (primary N) is 2. The van der Waals surface area contributed by atoms with Crippen molar-refractivity contribution in [1.82, 2.24) is 0 Å². The molecule has 20 heavy (non-hydrogen) atoms. The van der Waals surface area contributed by atoms with Gasteiger partial charge in [-0.1, -0.05) is 43.7 Å². The molecule has 0 amide bonds. The molecule has 0 fully saturated rings. The van der Waals surface area contributed by atoms with E-state index in [9.17, 15) is 17.5 Å². The van der Waals surface area contributed by atoms with E-state index >= 15 is 0 Å². The summed E-state index contributed by atoms with van der Waals surface area (Å²) in [6, 6.07) is -0.636. The monoisotopic (exact) mass is 380 g/mol. The van der Waals surface area contributed by atoms with Crippen LogP contribution in [0.5, 0.6) is 0 Å². The Morgan fingerprint density at radius 3 is 1.40 bits per heavy atom. The largest absolute Gasteiger partial charge is 1.00 e. The van der Waals surface area contributed by atoms with Gasteiger partial charge in [-0.2, -0.15) is 0 Å². The second-order valence-corrected chi connectivity index (χ2v) is 8.27. The molecule has 0 rings (SSSR count). The van der Waals surface area contributed by atoms with Crippen LogP contribution in [0.2, 0.25) is 0 Å². The molecule has 6 nitrogen and oxygen atoms in total. The molecule has 4 atom stereocenters. The summed E-state index contributed by atoms with van der Waals surface area (Å²) in [6.07, 6.45) is 1.28. The van der Waals surface area contributed by atoms with Crippen LogP contribution in [0.1, 0.15) is 12.8 Å². The standard InChI is InChI=1S/C8H20N2O4S4.2Na/c9-7(5-17(11)12)1-3-15-16-4-2-8(10)6-18(13)14;;/h7-8H,1-6,9-10H2,(H,11,12)(H,13,14);;/q;2*+1/p-2/t7-,8-;;/m0../s1. The first-order valence-electron chi connectivity index (χ1n) is 5.29. The van der Waals surface area contributed by atoms with Gasteiger partial charge in [0.2, 0.25) is 0 Å². The molecule has 0 spiro atoms. The molecule has 0 bridgehead atoms. The molecule has 4 N–H and O–H groups in total. The zero-order valence-electron chi connectivity index (χ0n) is 11.8. The third kappa shape index (κ3) is 20.8. The summed E-state index contributed by atoms with van der Waals surface area (Å²) < 4.78 is 41.4. The Labute approximate surface area is 177 Å².